The van der Waals surface area contributed by atoms with Crippen molar-refractivity contribution < 1.29 is 33.2 Å². The van der Waals surface area contributed by atoms with Crippen LogP contribution < -0.4 is 10.1 Å². The Morgan fingerprint density at radius 2 is 1.83 bits per heavy atom. The van der Waals surface area contributed by atoms with Gasteiger partial charge in [0.25, 0.3) is 5.91 Å². The van der Waals surface area contributed by atoms with Crippen LogP contribution in [0.15, 0.2) is 71.4 Å². The van der Waals surface area contributed by atoms with E-state index in [9.17, 15) is 14.7 Å². The van der Waals surface area contributed by atoms with Crippen LogP contribution in [-0.4, -0.2) is 66.0 Å². The summed E-state index contributed by atoms with van der Waals surface area (Å²) in [5, 5.41) is 18.4. The molecule has 3 aromatic rings. The van der Waals surface area contributed by atoms with Gasteiger partial charge in [-0.1, -0.05) is 53.7 Å². The molecule has 1 amide bonds. The minimum atomic E-state index is -2.05. The number of aromatic nitrogens is 1. The molecule has 2 aromatic carbocycles. The van der Waals surface area contributed by atoms with Crippen LogP contribution in [0.2, 0.25) is 0 Å². The molecular formula is C27H30N3O6+. The Labute approximate surface area is 209 Å². The number of anilines is 1. The predicted octanol–water partition coefficient (Wildman–Crippen LogP) is 2.71. The Hall–Kier alpha value is -3.69. The Balaban J connectivity index is 1.38. The summed E-state index contributed by atoms with van der Waals surface area (Å²) in [5.74, 6) is 0.0390. The Bertz CT molecular complexity index is 1210. The maximum Gasteiger partial charge on any atom is 0.348 e. The van der Waals surface area contributed by atoms with Crippen molar-refractivity contribution in [2.45, 2.75) is 24.5 Å². The Kier molecular flexibility index (Phi) is 6.51. The molecule has 2 N–H and O–H groups in total. The quantitative estimate of drug-likeness (QED) is 0.367. The first-order chi connectivity index (χ1) is 17.4. The summed E-state index contributed by atoms with van der Waals surface area (Å²) in [6.07, 6.45) is 2.67. The van der Waals surface area contributed by atoms with Crippen molar-refractivity contribution in [1.29, 1.82) is 0 Å². The molecule has 3 aliphatic rings. The Morgan fingerprint density at radius 1 is 1.11 bits per heavy atom. The molecule has 36 heavy (non-hydrogen) atoms. The summed E-state index contributed by atoms with van der Waals surface area (Å²) in [6.45, 7) is 2.43. The van der Waals surface area contributed by atoms with Gasteiger partial charge in [-0.05, 0) is 11.6 Å². The van der Waals surface area contributed by atoms with E-state index >= 15 is 0 Å². The lowest BCUT2D eigenvalue weighted by atomic mass is 9.82. The molecule has 1 aromatic heterocycles. The SMILES string of the molecule is COc1ccccc1[C@@](O)(C(=O)OC1C[N+]2(CC(=O)Nc3ccon3)CCC1CC2)c1ccccc1. The number of carbonyl (C=O) groups is 2. The van der Waals surface area contributed by atoms with Crippen LogP contribution in [0.4, 0.5) is 5.82 Å². The van der Waals surface area contributed by atoms with E-state index in [4.69, 9.17) is 14.0 Å². The highest BCUT2D eigenvalue weighted by Crippen LogP contribution is 2.40. The number of hydrogen-bond acceptors (Lipinski definition) is 7. The number of para-hydroxylation sites is 1. The first-order valence-corrected chi connectivity index (χ1v) is 12.1. The first-order valence-electron chi connectivity index (χ1n) is 12.1. The highest BCUT2D eigenvalue weighted by atomic mass is 16.6. The number of carbonyl (C=O) groups excluding carboxylic acids is 2. The maximum absolute atomic E-state index is 13.8. The fourth-order valence-corrected chi connectivity index (χ4v) is 5.57. The minimum absolute atomic E-state index is 0.163. The zero-order valence-electron chi connectivity index (χ0n) is 20.1. The maximum atomic E-state index is 13.8. The van der Waals surface area contributed by atoms with Gasteiger partial charge in [0.05, 0.1) is 20.2 Å². The molecule has 0 radical (unpaired) electrons. The number of quaternary nitrogens is 1. The summed E-state index contributed by atoms with van der Waals surface area (Å²) in [5.41, 5.74) is -1.33. The predicted molar refractivity (Wildman–Crippen MR) is 130 cm³/mol. The summed E-state index contributed by atoms with van der Waals surface area (Å²) in [4.78, 5) is 26.5. The summed E-state index contributed by atoms with van der Waals surface area (Å²) >= 11 is 0. The lowest BCUT2D eigenvalue weighted by Crippen LogP contribution is -2.66. The van der Waals surface area contributed by atoms with Crippen molar-refractivity contribution in [3.05, 3.63) is 78.1 Å². The molecule has 3 saturated heterocycles. The summed E-state index contributed by atoms with van der Waals surface area (Å²) in [7, 11) is 1.50. The number of nitrogens with one attached hydrogen (secondary N) is 1. The van der Waals surface area contributed by atoms with Gasteiger partial charge < -0.3 is 28.9 Å². The average Bonchev–Trinajstić information content (AvgIpc) is 3.41. The largest absolute Gasteiger partial charge is 0.496 e. The highest BCUT2D eigenvalue weighted by molar-refractivity contribution is 5.90. The van der Waals surface area contributed by atoms with Crippen LogP contribution in [0.25, 0.3) is 0 Å². The number of ether oxygens (including phenoxy) is 2. The molecular weight excluding hydrogens is 462 g/mol. The fraction of sp³-hybridized carbons (Fsp3) is 0.370. The van der Waals surface area contributed by atoms with Crippen LogP contribution in [-0.2, 0) is 19.9 Å². The molecule has 6 rings (SSSR count). The van der Waals surface area contributed by atoms with E-state index in [0.717, 1.165) is 25.9 Å². The number of rotatable bonds is 8. The third-order valence-electron chi connectivity index (χ3n) is 7.47. The zero-order valence-corrected chi connectivity index (χ0v) is 20.1. The van der Waals surface area contributed by atoms with Gasteiger partial charge in [0.2, 0.25) is 5.60 Å². The van der Waals surface area contributed by atoms with Crippen LogP contribution in [0.3, 0.4) is 0 Å². The molecule has 0 spiro atoms. The lowest BCUT2D eigenvalue weighted by molar-refractivity contribution is -0.939. The molecule has 1 unspecified atom stereocenters. The van der Waals surface area contributed by atoms with Gasteiger partial charge in [0.15, 0.2) is 18.5 Å². The number of benzene rings is 2. The number of esters is 1. The zero-order chi connectivity index (χ0) is 25.2. The lowest BCUT2D eigenvalue weighted by Gasteiger charge is -2.51. The molecule has 0 saturated carbocycles. The fourth-order valence-electron chi connectivity index (χ4n) is 5.57. The van der Waals surface area contributed by atoms with E-state index in [2.05, 4.69) is 10.5 Å². The normalized spacial score (nSPS) is 24.5. The molecule has 188 valence electrons. The van der Waals surface area contributed by atoms with Gasteiger partial charge in [-0.3, -0.25) is 4.79 Å². The number of nitrogens with zero attached hydrogens (tertiary/aromatic N) is 2. The highest BCUT2D eigenvalue weighted by Gasteiger charge is 2.51. The van der Waals surface area contributed by atoms with Crippen molar-refractivity contribution >= 4 is 17.7 Å². The second-order valence-corrected chi connectivity index (χ2v) is 9.62. The van der Waals surface area contributed by atoms with Crippen LogP contribution in [0.5, 0.6) is 5.75 Å². The van der Waals surface area contributed by atoms with Gasteiger partial charge in [-0.15, -0.1) is 0 Å². The molecule has 2 atom stereocenters. The molecule has 2 bridgehead atoms. The average molecular weight is 493 g/mol. The molecule has 3 fully saturated rings. The van der Waals surface area contributed by atoms with E-state index in [1.54, 1.807) is 54.6 Å². The molecule has 9 heteroatoms. The van der Waals surface area contributed by atoms with Gasteiger partial charge in [-0.2, -0.15) is 0 Å². The number of aliphatic hydroxyl groups is 1. The topological polar surface area (TPSA) is 111 Å². The standard InChI is InChI=1S/C27H29N3O6/c1-34-22-10-6-5-9-21(22)27(33,20-7-3-2-4-8-20)26(32)36-23-17-30(14-11-19(23)12-15-30)18-25(31)28-24-13-16-35-29-24/h2-10,13,16,19,23,33H,11-12,14-15,17-18H2,1H3/p+1/t19?,23?,27-,30?/m1/s1. The van der Waals surface area contributed by atoms with E-state index in [-0.39, 0.29) is 18.4 Å². The number of piperidine rings is 3. The van der Waals surface area contributed by atoms with Crippen molar-refractivity contribution in [3.8, 4) is 5.75 Å². The summed E-state index contributed by atoms with van der Waals surface area (Å²) < 4.78 is 16.9. The van der Waals surface area contributed by atoms with Gasteiger partial charge in [0.1, 0.15) is 18.6 Å². The van der Waals surface area contributed by atoms with Crippen molar-refractivity contribution in [1.82, 2.24) is 5.16 Å². The number of amides is 1. The second-order valence-electron chi connectivity index (χ2n) is 9.62. The number of methoxy groups -OCH3 is 1. The van der Waals surface area contributed by atoms with E-state index in [0.29, 0.717) is 33.7 Å². The van der Waals surface area contributed by atoms with E-state index < -0.39 is 17.7 Å². The summed E-state index contributed by atoms with van der Waals surface area (Å²) in [6, 6.07) is 17.3. The van der Waals surface area contributed by atoms with Crippen molar-refractivity contribution in [2.75, 3.05) is 38.6 Å². The van der Waals surface area contributed by atoms with Crippen LogP contribution in [0, 0.1) is 5.92 Å². The molecule has 9 nitrogen and oxygen atoms in total. The van der Waals surface area contributed by atoms with Gasteiger partial charge in [-0.25, -0.2) is 4.79 Å². The first kappa shape index (κ1) is 24.0. The minimum Gasteiger partial charge on any atom is -0.496 e. The smallest absolute Gasteiger partial charge is 0.348 e. The number of hydrogen-bond donors (Lipinski definition) is 2. The third kappa shape index (κ3) is 4.47. The second kappa shape index (κ2) is 9.75. The molecule has 0 aliphatic carbocycles. The Morgan fingerprint density at radius 3 is 2.53 bits per heavy atom. The van der Waals surface area contributed by atoms with Crippen LogP contribution in [0.1, 0.15) is 24.0 Å². The molecule has 4 heterocycles. The van der Waals surface area contributed by atoms with Crippen LogP contribution >= 0.6 is 0 Å². The number of fused-ring (bicyclic) bond motifs is 3. The van der Waals surface area contributed by atoms with Gasteiger partial charge in [0, 0.05) is 30.4 Å². The third-order valence-corrected chi connectivity index (χ3v) is 7.47. The van der Waals surface area contributed by atoms with Gasteiger partial charge >= 0.3 is 5.97 Å². The van der Waals surface area contributed by atoms with Crippen molar-refractivity contribution in [2.24, 2.45) is 5.92 Å². The monoisotopic (exact) mass is 492 g/mol. The van der Waals surface area contributed by atoms with E-state index in [1.807, 2.05) is 6.07 Å². The molecule has 3 aliphatic heterocycles. The van der Waals surface area contributed by atoms with Crippen molar-refractivity contribution in [3.63, 3.8) is 0 Å². The van der Waals surface area contributed by atoms with E-state index in [1.165, 1.54) is 13.4 Å².